The minimum absolute atomic E-state index is 0. The Morgan fingerprint density at radius 1 is 1.00 bits per heavy atom. The first kappa shape index (κ1) is 20.1. The van der Waals surface area contributed by atoms with Crippen LogP contribution in [0.3, 0.4) is 0 Å². The van der Waals surface area contributed by atoms with Crippen molar-refractivity contribution in [3.8, 4) is 0 Å². The molecule has 1 aromatic heterocycles. The maximum Gasteiger partial charge on any atom is 0.277 e. The zero-order chi connectivity index (χ0) is 18.5. The number of anilines is 4. The van der Waals surface area contributed by atoms with Crippen molar-refractivity contribution >= 4 is 51.7 Å². The van der Waals surface area contributed by atoms with E-state index in [-0.39, 0.29) is 18.3 Å². The number of amides is 1. The third kappa shape index (κ3) is 4.81. The highest BCUT2D eigenvalue weighted by Crippen LogP contribution is 2.26. The van der Waals surface area contributed by atoms with Crippen molar-refractivity contribution in [1.82, 2.24) is 10.3 Å². The van der Waals surface area contributed by atoms with E-state index in [1.807, 2.05) is 54.6 Å². The van der Waals surface area contributed by atoms with Crippen LogP contribution in [0.1, 0.15) is 10.5 Å². The summed E-state index contributed by atoms with van der Waals surface area (Å²) in [7, 11) is 0. The van der Waals surface area contributed by atoms with Crippen LogP contribution in [0.5, 0.6) is 0 Å². The Morgan fingerprint density at radius 2 is 1.71 bits per heavy atom. The molecule has 3 N–H and O–H groups in total. The molecule has 0 spiro atoms. The molecule has 8 heteroatoms. The molecule has 1 aliphatic rings. The molecule has 1 amide bonds. The fourth-order valence-corrected chi connectivity index (χ4v) is 3.72. The van der Waals surface area contributed by atoms with E-state index in [1.165, 1.54) is 17.0 Å². The second kappa shape index (κ2) is 9.54. The highest BCUT2D eigenvalue weighted by Gasteiger charge is 2.16. The first-order chi connectivity index (χ1) is 13.3. The molecule has 0 radical (unpaired) electrons. The van der Waals surface area contributed by atoms with Crippen molar-refractivity contribution < 1.29 is 4.79 Å². The van der Waals surface area contributed by atoms with Crippen LogP contribution in [0.4, 0.5) is 22.1 Å². The first-order valence-corrected chi connectivity index (χ1v) is 9.80. The lowest BCUT2D eigenvalue weighted by Crippen LogP contribution is -2.43. The van der Waals surface area contributed by atoms with Gasteiger partial charge < -0.3 is 20.9 Å². The molecule has 1 aliphatic heterocycles. The summed E-state index contributed by atoms with van der Waals surface area (Å²) in [6, 6.07) is 17.7. The Bertz CT molecular complexity index is 894. The first-order valence-electron chi connectivity index (χ1n) is 8.92. The number of rotatable bonds is 5. The number of hydrogen-bond acceptors (Lipinski definition) is 6. The van der Waals surface area contributed by atoms with Gasteiger partial charge in [0.2, 0.25) is 0 Å². The van der Waals surface area contributed by atoms with Crippen LogP contribution >= 0.6 is 23.7 Å². The predicted molar refractivity (Wildman–Crippen MR) is 119 cm³/mol. The molecule has 6 nitrogen and oxygen atoms in total. The molecule has 0 bridgehead atoms. The molecular formula is C20H22ClN5OS. The molecule has 0 saturated carbocycles. The van der Waals surface area contributed by atoms with Gasteiger partial charge in [0.25, 0.3) is 5.91 Å². The summed E-state index contributed by atoms with van der Waals surface area (Å²) in [5.41, 5.74) is 4.94. The fourth-order valence-electron chi connectivity index (χ4n) is 3.02. The van der Waals surface area contributed by atoms with Gasteiger partial charge in [-0.25, -0.2) is 4.98 Å². The van der Waals surface area contributed by atoms with Crippen LogP contribution in [0.15, 0.2) is 60.1 Å². The molecule has 146 valence electrons. The van der Waals surface area contributed by atoms with Crippen LogP contribution in [-0.4, -0.2) is 37.1 Å². The van der Waals surface area contributed by atoms with Crippen LogP contribution in [-0.2, 0) is 0 Å². The molecule has 2 aromatic carbocycles. The van der Waals surface area contributed by atoms with E-state index < -0.39 is 0 Å². The van der Waals surface area contributed by atoms with Crippen LogP contribution in [0.25, 0.3) is 0 Å². The minimum Gasteiger partial charge on any atom is -0.369 e. The number of carbonyl (C=O) groups excluding carboxylic acids is 1. The topological polar surface area (TPSA) is 69.3 Å². The Balaban J connectivity index is 0.00000225. The number of thiazole rings is 1. The van der Waals surface area contributed by atoms with Gasteiger partial charge in [-0.05, 0) is 36.4 Å². The number of halogens is 1. The SMILES string of the molecule is Cl.O=C(Nc1ccc(N2CCNCC2)cc1)c1ncsc1Nc1ccccc1. The maximum atomic E-state index is 12.6. The molecule has 1 saturated heterocycles. The van der Waals surface area contributed by atoms with Crippen molar-refractivity contribution in [2.45, 2.75) is 0 Å². The van der Waals surface area contributed by atoms with E-state index in [0.717, 1.165) is 42.6 Å². The molecule has 4 rings (SSSR count). The van der Waals surface area contributed by atoms with E-state index in [9.17, 15) is 4.79 Å². The zero-order valence-electron chi connectivity index (χ0n) is 15.2. The predicted octanol–water partition coefficient (Wildman–Crippen LogP) is 3.97. The van der Waals surface area contributed by atoms with E-state index >= 15 is 0 Å². The van der Waals surface area contributed by atoms with Gasteiger partial charge in [0.05, 0.1) is 5.51 Å². The highest BCUT2D eigenvalue weighted by molar-refractivity contribution is 7.14. The number of carbonyl (C=O) groups is 1. The number of aromatic nitrogens is 1. The van der Waals surface area contributed by atoms with Gasteiger partial charge in [-0.1, -0.05) is 18.2 Å². The number of nitrogens with zero attached hydrogens (tertiary/aromatic N) is 2. The van der Waals surface area contributed by atoms with E-state index in [0.29, 0.717) is 5.69 Å². The summed E-state index contributed by atoms with van der Waals surface area (Å²) in [6.07, 6.45) is 0. The largest absolute Gasteiger partial charge is 0.369 e. The van der Waals surface area contributed by atoms with E-state index in [2.05, 4.69) is 25.8 Å². The van der Waals surface area contributed by atoms with E-state index in [4.69, 9.17) is 0 Å². The van der Waals surface area contributed by atoms with E-state index in [1.54, 1.807) is 5.51 Å². The number of nitrogens with one attached hydrogen (secondary N) is 3. The molecule has 1 fully saturated rings. The van der Waals surface area contributed by atoms with Crippen molar-refractivity contribution in [3.05, 3.63) is 65.8 Å². The summed E-state index contributed by atoms with van der Waals surface area (Å²) >= 11 is 1.41. The van der Waals surface area contributed by atoms with Gasteiger partial charge in [0, 0.05) is 43.2 Å². The van der Waals surface area contributed by atoms with Gasteiger partial charge >= 0.3 is 0 Å². The quantitative estimate of drug-likeness (QED) is 0.588. The van der Waals surface area contributed by atoms with Crippen LogP contribution < -0.4 is 20.9 Å². The van der Waals surface area contributed by atoms with Crippen molar-refractivity contribution in [3.63, 3.8) is 0 Å². The van der Waals surface area contributed by atoms with Gasteiger partial charge in [-0.15, -0.1) is 23.7 Å². The lowest BCUT2D eigenvalue weighted by molar-refractivity contribution is 0.102. The number of piperazine rings is 1. The molecule has 0 atom stereocenters. The number of para-hydroxylation sites is 1. The molecule has 0 unspecified atom stereocenters. The second-order valence-corrected chi connectivity index (χ2v) is 7.11. The molecule has 0 aliphatic carbocycles. The van der Waals surface area contributed by atoms with Gasteiger partial charge in [0.1, 0.15) is 5.00 Å². The normalized spacial score (nSPS) is 13.5. The highest BCUT2D eigenvalue weighted by atomic mass is 35.5. The lowest BCUT2D eigenvalue weighted by Gasteiger charge is -2.29. The van der Waals surface area contributed by atoms with Crippen molar-refractivity contribution in [2.24, 2.45) is 0 Å². The van der Waals surface area contributed by atoms with Gasteiger partial charge in [-0.3, -0.25) is 4.79 Å². The van der Waals surface area contributed by atoms with Crippen LogP contribution in [0, 0.1) is 0 Å². The third-order valence-electron chi connectivity index (χ3n) is 4.42. The average molecular weight is 416 g/mol. The Kier molecular flexibility index (Phi) is 6.86. The average Bonchev–Trinajstić information content (AvgIpc) is 3.18. The molecule has 2 heterocycles. The molecule has 28 heavy (non-hydrogen) atoms. The Morgan fingerprint density at radius 3 is 2.43 bits per heavy atom. The minimum atomic E-state index is -0.218. The standard InChI is InChI=1S/C20H21N5OS.ClH/c26-19(18-20(27-14-22-18)24-15-4-2-1-3-5-15)23-16-6-8-17(9-7-16)25-12-10-21-11-13-25;/h1-9,14,21,24H,10-13H2,(H,23,26);1H. The lowest BCUT2D eigenvalue weighted by atomic mass is 10.2. The van der Waals surface area contributed by atoms with Crippen molar-refractivity contribution in [1.29, 1.82) is 0 Å². The van der Waals surface area contributed by atoms with Gasteiger partial charge in [0.15, 0.2) is 5.69 Å². The van der Waals surface area contributed by atoms with Crippen LogP contribution in [0.2, 0.25) is 0 Å². The maximum absolute atomic E-state index is 12.6. The van der Waals surface area contributed by atoms with Gasteiger partial charge in [-0.2, -0.15) is 0 Å². The summed E-state index contributed by atoms with van der Waals surface area (Å²) < 4.78 is 0. The van der Waals surface area contributed by atoms with Crippen molar-refractivity contribution in [2.75, 3.05) is 41.7 Å². The smallest absolute Gasteiger partial charge is 0.277 e. The monoisotopic (exact) mass is 415 g/mol. The summed E-state index contributed by atoms with van der Waals surface area (Å²) in [5, 5.41) is 10.3. The molecule has 3 aromatic rings. The fraction of sp³-hybridized carbons (Fsp3) is 0.200. The number of benzene rings is 2. The third-order valence-corrected chi connectivity index (χ3v) is 5.16. The molecular weight excluding hydrogens is 394 g/mol. The zero-order valence-corrected chi connectivity index (χ0v) is 16.9. The number of hydrogen-bond donors (Lipinski definition) is 3. The summed E-state index contributed by atoms with van der Waals surface area (Å²) in [5.74, 6) is -0.218. The Hall–Kier alpha value is -2.61. The second-order valence-electron chi connectivity index (χ2n) is 6.26. The summed E-state index contributed by atoms with van der Waals surface area (Å²) in [4.78, 5) is 19.2. The summed E-state index contributed by atoms with van der Waals surface area (Å²) in [6.45, 7) is 4.00. The Labute approximate surface area is 174 Å².